The largest absolute Gasteiger partial charge is 0.491 e. The van der Waals surface area contributed by atoms with Gasteiger partial charge in [0.15, 0.2) is 0 Å². The summed E-state index contributed by atoms with van der Waals surface area (Å²) in [7, 11) is 0. The summed E-state index contributed by atoms with van der Waals surface area (Å²) >= 11 is 0. The van der Waals surface area contributed by atoms with E-state index in [2.05, 4.69) is 21.3 Å². The van der Waals surface area contributed by atoms with Crippen molar-refractivity contribution in [2.75, 3.05) is 32.8 Å². The highest BCUT2D eigenvalue weighted by molar-refractivity contribution is 6.00. The zero-order valence-corrected chi connectivity index (χ0v) is 29.5. The van der Waals surface area contributed by atoms with E-state index in [1.165, 1.54) is 6.92 Å². The van der Waals surface area contributed by atoms with Crippen molar-refractivity contribution in [3.8, 4) is 5.75 Å². The molecule has 2 aliphatic heterocycles. The van der Waals surface area contributed by atoms with Crippen molar-refractivity contribution in [2.45, 2.75) is 98.3 Å². The van der Waals surface area contributed by atoms with Gasteiger partial charge in [-0.2, -0.15) is 0 Å². The standard InChI is InChI=1S/C35H54N6O7/c1-21(2)19-27-33(45)39-31(23(5)6)34(46)38-28(22(3)4)20-48-29-12-9-8-11-25(29)32(44)37-26(13-14-30(43)36-27)35(47)41-16-10-15-40(17-18-41)24(7)42/h8-9,11-12,21-23,26-28,31H,10,13-20H2,1-7H3,(H,36,43)(H,37,44)(H,38,46)(H,39,45)/t26-,27+,28-,31-/m0/s1. The summed E-state index contributed by atoms with van der Waals surface area (Å²) in [5, 5.41) is 11.5. The highest BCUT2D eigenvalue weighted by Gasteiger charge is 2.33. The molecule has 0 bridgehead atoms. The second-order valence-electron chi connectivity index (χ2n) is 13.9. The Morgan fingerprint density at radius 2 is 1.50 bits per heavy atom. The number of amides is 6. The van der Waals surface area contributed by atoms with Crippen LogP contribution >= 0.6 is 0 Å². The van der Waals surface area contributed by atoms with E-state index in [0.717, 1.165) is 0 Å². The van der Waals surface area contributed by atoms with E-state index < -0.39 is 41.9 Å². The van der Waals surface area contributed by atoms with Gasteiger partial charge in [-0.25, -0.2) is 0 Å². The molecule has 0 aliphatic carbocycles. The number of para-hydroxylation sites is 1. The van der Waals surface area contributed by atoms with Crippen LogP contribution < -0.4 is 26.0 Å². The van der Waals surface area contributed by atoms with Crippen molar-refractivity contribution in [2.24, 2.45) is 17.8 Å². The van der Waals surface area contributed by atoms with Crippen LogP contribution in [0.15, 0.2) is 24.3 Å². The van der Waals surface area contributed by atoms with Gasteiger partial charge >= 0.3 is 0 Å². The van der Waals surface area contributed by atoms with Crippen LogP contribution in [0.3, 0.4) is 0 Å². The number of hydrogen-bond acceptors (Lipinski definition) is 7. The molecule has 2 heterocycles. The second kappa shape index (κ2) is 17.8. The maximum absolute atomic E-state index is 13.9. The molecule has 1 fully saturated rings. The molecule has 0 radical (unpaired) electrons. The molecule has 6 amide bonds. The Hall–Kier alpha value is -4.16. The molecular formula is C35H54N6O7. The quantitative estimate of drug-likeness (QED) is 0.371. The van der Waals surface area contributed by atoms with Crippen molar-refractivity contribution >= 4 is 35.4 Å². The minimum atomic E-state index is -1.05. The number of ether oxygens (including phenoxy) is 1. The number of nitrogens with zero attached hydrogens (tertiary/aromatic N) is 2. The topological polar surface area (TPSA) is 166 Å². The number of hydrogen-bond donors (Lipinski definition) is 4. The molecule has 0 unspecified atom stereocenters. The van der Waals surface area contributed by atoms with E-state index in [4.69, 9.17) is 4.74 Å². The Bertz CT molecular complexity index is 1320. The fourth-order valence-electron chi connectivity index (χ4n) is 5.83. The summed E-state index contributed by atoms with van der Waals surface area (Å²) in [5.41, 5.74) is 0.206. The van der Waals surface area contributed by atoms with Crippen molar-refractivity contribution in [1.29, 1.82) is 0 Å². The lowest BCUT2D eigenvalue weighted by Gasteiger charge is -2.30. The third-order valence-electron chi connectivity index (χ3n) is 8.80. The molecule has 4 atom stereocenters. The molecule has 1 saturated heterocycles. The smallest absolute Gasteiger partial charge is 0.255 e. The Morgan fingerprint density at radius 1 is 0.833 bits per heavy atom. The number of fused-ring (bicyclic) bond motifs is 1. The number of carbonyl (C=O) groups excluding carboxylic acids is 6. The maximum Gasteiger partial charge on any atom is 0.255 e. The highest BCUT2D eigenvalue weighted by atomic mass is 16.5. The van der Waals surface area contributed by atoms with Crippen molar-refractivity contribution < 1.29 is 33.5 Å². The summed E-state index contributed by atoms with van der Waals surface area (Å²) < 4.78 is 6.12. The second-order valence-corrected chi connectivity index (χ2v) is 13.9. The van der Waals surface area contributed by atoms with Crippen LogP contribution in [-0.4, -0.2) is 102 Å². The predicted molar refractivity (Wildman–Crippen MR) is 181 cm³/mol. The molecule has 0 spiro atoms. The van der Waals surface area contributed by atoms with Crippen LogP contribution in [0.25, 0.3) is 0 Å². The van der Waals surface area contributed by atoms with E-state index in [0.29, 0.717) is 39.0 Å². The van der Waals surface area contributed by atoms with E-state index in [1.54, 1.807) is 34.1 Å². The Labute approximate surface area is 284 Å². The van der Waals surface area contributed by atoms with Gasteiger partial charge in [-0.05, 0) is 49.1 Å². The predicted octanol–water partition coefficient (Wildman–Crippen LogP) is 1.85. The van der Waals surface area contributed by atoms with Crippen LogP contribution in [0.2, 0.25) is 0 Å². The van der Waals surface area contributed by atoms with Crippen LogP contribution in [-0.2, 0) is 24.0 Å². The summed E-state index contributed by atoms with van der Waals surface area (Å²) in [6, 6.07) is 3.38. The minimum absolute atomic E-state index is 0.0190. The van der Waals surface area contributed by atoms with Crippen LogP contribution in [0.1, 0.15) is 84.5 Å². The lowest BCUT2D eigenvalue weighted by atomic mass is 9.98. The zero-order valence-electron chi connectivity index (χ0n) is 29.5. The summed E-state index contributed by atoms with van der Waals surface area (Å²) in [6.07, 6.45) is 0.756. The molecule has 48 heavy (non-hydrogen) atoms. The fourth-order valence-corrected chi connectivity index (χ4v) is 5.83. The van der Waals surface area contributed by atoms with Crippen molar-refractivity contribution in [3.63, 3.8) is 0 Å². The molecule has 266 valence electrons. The Morgan fingerprint density at radius 3 is 2.15 bits per heavy atom. The first-order valence-electron chi connectivity index (χ1n) is 17.1. The van der Waals surface area contributed by atoms with Crippen molar-refractivity contribution in [1.82, 2.24) is 31.1 Å². The Balaban J connectivity index is 1.98. The monoisotopic (exact) mass is 670 g/mol. The number of nitrogens with one attached hydrogen (secondary N) is 4. The molecule has 1 aromatic carbocycles. The lowest BCUT2D eigenvalue weighted by Crippen LogP contribution is -2.58. The molecule has 3 rings (SSSR count). The van der Waals surface area contributed by atoms with Gasteiger partial charge in [0.1, 0.15) is 30.5 Å². The average molecular weight is 671 g/mol. The van der Waals surface area contributed by atoms with Crippen LogP contribution in [0, 0.1) is 17.8 Å². The maximum atomic E-state index is 13.9. The van der Waals surface area contributed by atoms with E-state index in [1.807, 2.05) is 41.5 Å². The fraction of sp³-hybridized carbons (Fsp3) is 0.657. The van der Waals surface area contributed by atoms with Gasteiger partial charge in [-0.15, -0.1) is 0 Å². The Kier molecular flexibility index (Phi) is 14.2. The molecule has 13 heteroatoms. The first-order valence-corrected chi connectivity index (χ1v) is 17.1. The minimum Gasteiger partial charge on any atom is -0.491 e. The molecule has 0 saturated carbocycles. The lowest BCUT2D eigenvalue weighted by molar-refractivity contribution is -0.135. The third-order valence-corrected chi connectivity index (χ3v) is 8.80. The van der Waals surface area contributed by atoms with Crippen LogP contribution in [0.4, 0.5) is 0 Å². The molecule has 13 nitrogen and oxygen atoms in total. The van der Waals surface area contributed by atoms with Gasteiger partial charge in [0, 0.05) is 39.5 Å². The van der Waals surface area contributed by atoms with Gasteiger partial charge in [0.25, 0.3) is 5.91 Å². The summed E-state index contributed by atoms with van der Waals surface area (Å²) in [4.78, 5) is 83.4. The van der Waals surface area contributed by atoms with Crippen molar-refractivity contribution in [3.05, 3.63) is 29.8 Å². The number of carbonyl (C=O) groups is 6. The molecule has 4 N–H and O–H groups in total. The first kappa shape index (κ1) is 38.3. The SMILES string of the molecule is CC(=O)N1CCCN(C(=O)[C@@H]2CCC(=O)N[C@H](CC(C)C)C(=O)N[C@@H](C(C)C)C(=O)N[C@H](C(C)C)COc3ccccc3C(=O)N2)CC1. The summed E-state index contributed by atoms with van der Waals surface area (Å²) in [6.45, 7) is 14.5. The third kappa shape index (κ3) is 10.9. The van der Waals surface area contributed by atoms with Gasteiger partial charge in [-0.3, -0.25) is 28.8 Å². The van der Waals surface area contributed by atoms with Gasteiger partial charge in [0.05, 0.1) is 11.6 Å². The molecule has 1 aromatic rings. The van der Waals surface area contributed by atoms with Gasteiger partial charge < -0.3 is 35.8 Å². The molecule has 0 aromatic heterocycles. The normalized spacial score (nSPS) is 24.0. The first-order chi connectivity index (χ1) is 22.7. The molecule has 2 aliphatic rings. The number of rotatable bonds is 5. The zero-order chi connectivity index (χ0) is 35.5. The number of benzene rings is 1. The van der Waals surface area contributed by atoms with E-state index in [-0.39, 0.29) is 66.2 Å². The average Bonchev–Trinajstić information content (AvgIpc) is 3.29. The van der Waals surface area contributed by atoms with Gasteiger partial charge in [-0.1, -0.05) is 53.7 Å². The van der Waals surface area contributed by atoms with E-state index >= 15 is 0 Å². The van der Waals surface area contributed by atoms with Gasteiger partial charge in [0.2, 0.25) is 29.5 Å². The highest BCUT2D eigenvalue weighted by Crippen LogP contribution is 2.20. The molecular weight excluding hydrogens is 616 g/mol. The van der Waals surface area contributed by atoms with Crippen LogP contribution in [0.5, 0.6) is 5.75 Å². The summed E-state index contributed by atoms with van der Waals surface area (Å²) in [5.74, 6) is -2.25. The van der Waals surface area contributed by atoms with E-state index in [9.17, 15) is 28.8 Å².